The molecule has 21 heavy (non-hydrogen) atoms. The van der Waals surface area contributed by atoms with Gasteiger partial charge in [0.05, 0.1) is 25.0 Å². The third-order valence-electron chi connectivity index (χ3n) is 3.57. The molecule has 1 N–H and O–H groups in total. The lowest BCUT2D eigenvalue weighted by Crippen LogP contribution is -2.38. The molecule has 0 bridgehead atoms. The van der Waals surface area contributed by atoms with Crippen LogP contribution in [0.2, 0.25) is 0 Å². The summed E-state index contributed by atoms with van der Waals surface area (Å²) in [6.45, 7) is 4.30. The van der Waals surface area contributed by atoms with Crippen LogP contribution in [-0.2, 0) is 4.74 Å². The van der Waals surface area contributed by atoms with Gasteiger partial charge in [-0.15, -0.1) is 11.3 Å². The number of rotatable bonds is 2. The Bertz CT molecular complexity index is 767. The highest BCUT2D eigenvalue weighted by atomic mass is 32.1. The maximum atomic E-state index is 5.86. The number of nitrogens with one attached hydrogen (secondary N) is 1. The van der Waals surface area contributed by atoms with Gasteiger partial charge in [-0.25, -0.2) is 15.0 Å². The number of morpholine rings is 1. The van der Waals surface area contributed by atoms with Crippen molar-refractivity contribution in [3.05, 3.63) is 34.5 Å². The Morgan fingerprint density at radius 3 is 3.19 bits per heavy atom. The van der Waals surface area contributed by atoms with E-state index in [2.05, 4.69) is 30.2 Å². The summed E-state index contributed by atoms with van der Waals surface area (Å²) in [7, 11) is 0. The Hall–Kier alpha value is -1.99. The highest BCUT2D eigenvalue weighted by Gasteiger charge is 2.25. The van der Waals surface area contributed by atoms with E-state index in [-0.39, 0.29) is 6.10 Å². The number of fused-ring (bicyclic) bond motifs is 1. The molecule has 1 aliphatic rings. The molecule has 0 radical (unpaired) electrons. The van der Waals surface area contributed by atoms with Gasteiger partial charge in [-0.05, 0) is 19.1 Å². The number of hydrogen-bond acceptors (Lipinski definition) is 6. The average Bonchev–Trinajstić information content (AvgIpc) is 3.15. The van der Waals surface area contributed by atoms with Crippen molar-refractivity contribution in [3.63, 3.8) is 0 Å². The van der Waals surface area contributed by atoms with Crippen molar-refractivity contribution < 1.29 is 4.74 Å². The summed E-state index contributed by atoms with van der Waals surface area (Å²) in [5.41, 5.74) is 2.76. The van der Waals surface area contributed by atoms with Gasteiger partial charge in [-0.3, -0.25) is 0 Å². The molecule has 1 atom stereocenters. The molecule has 4 rings (SSSR count). The van der Waals surface area contributed by atoms with Crippen LogP contribution in [0, 0.1) is 6.92 Å². The minimum absolute atomic E-state index is 0.0223. The van der Waals surface area contributed by atoms with E-state index in [0.29, 0.717) is 6.61 Å². The number of imidazole rings is 1. The first-order chi connectivity index (χ1) is 10.3. The molecule has 0 saturated carbocycles. The number of ether oxygens (including phenoxy) is 1. The number of anilines is 1. The monoisotopic (exact) mass is 301 g/mol. The van der Waals surface area contributed by atoms with Gasteiger partial charge < -0.3 is 14.6 Å². The quantitative estimate of drug-likeness (QED) is 0.786. The largest absolute Gasteiger partial charge is 0.367 e. The molecule has 0 aliphatic carbocycles. The van der Waals surface area contributed by atoms with Crippen LogP contribution in [0.15, 0.2) is 23.8 Å². The fourth-order valence-electron chi connectivity index (χ4n) is 2.52. The van der Waals surface area contributed by atoms with Crippen molar-refractivity contribution in [2.45, 2.75) is 13.0 Å². The minimum Gasteiger partial charge on any atom is -0.367 e. The van der Waals surface area contributed by atoms with Gasteiger partial charge in [0, 0.05) is 17.6 Å². The van der Waals surface area contributed by atoms with Crippen LogP contribution in [0.4, 0.5) is 5.82 Å². The van der Waals surface area contributed by atoms with Gasteiger partial charge in [0.25, 0.3) is 0 Å². The van der Waals surface area contributed by atoms with Crippen LogP contribution in [0.1, 0.15) is 16.8 Å². The molecule has 3 aromatic rings. The van der Waals surface area contributed by atoms with Gasteiger partial charge in [-0.1, -0.05) is 0 Å². The van der Waals surface area contributed by atoms with Gasteiger partial charge in [0.1, 0.15) is 16.9 Å². The van der Waals surface area contributed by atoms with Crippen molar-refractivity contribution in [1.29, 1.82) is 0 Å². The lowest BCUT2D eigenvalue weighted by atomic mass is 10.2. The molecule has 3 aromatic heterocycles. The fraction of sp³-hybridized carbons (Fsp3) is 0.357. The van der Waals surface area contributed by atoms with Crippen LogP contribution < -0.4 is 4.90 Å². The Kier molecular flexibility index (Phi) is 3.08. The molecule has 0 amide bonds. The lowest BCUT2D eigenvalue weighted by molar-refractivity contribution is 0.0393. The molecule has 6 nitrogen and oxygen atoms in total. The molecule has 7 heteroatoms. The summed E-state index contributed by atoms with van der Waals surface area (Å²) >= 11 is 1.66. The number of hydrogen-bond donors (Lipinski definition) is 1. The van der Waals surface area contributed by atoms with Crippen LogP contribution >= 0.6 is 11.3 Å². The summed E-state index contributed by atoms with van der Waals surface area (Å²) < 4.78 is 5.86. The molecule has 108 valence electrons. The number of aryl methyl sites for hydroxylation is 1. The Morgan fingerprint density at radius 2 is 2.33 bits per heavy atom. The lowest BCUT2D eigenvalue weighted by Gasteiger charge is -2.32. The zero-order chi connectivity index (χ0) is 14.2. The van der Waals surface area contributed by atoms with Gasteiger partial charge >= 0.3 is 0 Å². The van der Waals surface area contributed by atoms with E-state index in [1.807, 2.05) is 19.1 Å². The number of thiazole rings is 1. The topological polar surface area (TPSA) is 66.9 Å². The van der Waals surface area contributed by atoms with E-state index < -0.39 is 0 Å². The van der Waals surface area contributed by atoms with Crippen molar-refractivity contribution in [2.75, 3.05) is 24.6 Å². The summed E-state index contributed by atoms with van der Waals surface area (Å²) in [5.74, 6) is 0.941. The number of aromatic amines is 1. The second-order valence-electron chi connectivity index (χ2n) is 5.08. The van der Waals surface area contributed by atoms with Crippen LogP contribution in [0.25, 0.3) is 11.2 Å². The zero-order valence-corrected chi connectivity index (χ0v) is 12.4. The van der Waals surface area contributed by atoms with Crippen molar-refractivity contribution >= 4 is 28.3 Å². The molecule has 1 unspecified atom stereocenters. The third-order valence-corrected chi connectivity index (χ3v) is 4.62. The Balaban J connectivity index is 1.59. The van der Waals surface area contributed by atoms with Gasteiger partial charge in [0.15, 0.2) is 5.65 Å². The molecule has 0 aromatic carbocycles. The predicted molar refractivity (Wildman–Crippen MR) is 81.6 cm³/mol. The van der Waals surface area contributed by atoms with E-state index >= 15 is 0 Å². The maximum Gasteiger partial charge on any atom is 0.179 e. The average molecular weight is 301 g/mol. The van der Waals surface area contributed by atoms with E-state index in [0.717, 1.165) is 40.8 Å². The summed E-state index contributed by atoms with van der Waals surface area (Å²) in [5, 5.41) is 3.10. The normalized spacial score (nSPS) is 19.3. The Morgan fingerprint density at radius 1 is 1.38 bits per heavy atom. The standard InChI is InChI=1S/C14H15N5OS/c1-9-7-21-14(17-9)11-6-19(4-5-20-11)12-3-2-10-13(18-12)16-8-15-10/h2-3,7-8,11H,4-6H2,1H3,(H,15,16,18). The number of H-pyrrole nitrogens is 1. The van der Waals surface area contributed by atoms with Crippen molar-refractivity contribution in [2.24, 2.45) is 0 Å². The number of nitrogens with zero attached hydrogens (tertiary/aromatic N) is 4. The maximum absolute atomic E-state index is 5.86. The molecular weight excluding hydrogens is 286 g/mol. The summed E-state index contributed by atoms with van der Waals surface area (Å²) in [6, 6.07) is 4.04. The van der Waals surface area contributed by atoms with Crippen LogP contribution in [-0.4, -0.2) is 39.6 Å². The highest BCUT2D eigenvalue weighted by Crippen LogP contribution is 2.27. The third kappa shape index (κ3) is 2.38. The molecule has 1 fully saturated rings. The number of aromatic nitrogens is 4. The first-order valence-electron chi connectivity index (χ1n) is 6.88. The van der Waals surface area contributed by atoms with Crippen LogP contribution in [0.5, 0.6) is 0 Å². The smallest absolute Gasteiger partial charge is 0.179 e. The van der Waals surface area contributed by atoms with E-state index in [1.165, 1.54) is 0 Å². The van der Waals surface area contributed by atoms with Crippen LogP contribution in [0.3, 0.4) is 0 Å². The zero-order valence-electron chi connectivity index (χ0n) is 11.6. The van der Waals surface area contributed by atoms with Gasteiger partial charge in [0.2, 0.25) is 0 Å². The second-order valence-corrected chi connectivity index (χ2v) is 5.97. The first-order valence-corrected chi connectivity index (χ1v) is 7.76. The molecule has 1 aliphatic heterocycles. The Labute approximate surface area is 125 Å². The van der Waals surface area contributed by atoms with Crippen molar-refractivity contribution in [3.8, 4) is 0 Å². The predicted octanol–water partition coefficient (Wildman–Crippen LogP) is 2.30. The van der Waals surface area contributed by atoms with E-state index in [4.69, 9.17) is 4.74 Å². The first kappa shape index (κ1) is 12.7. The second kappa shape index (κ2) is 5.09. The fourth-order valence-corrected chi connectivity index (χ4v) is 3.35. The minimum atomic E-state index is 0.0223. The van der Waals surface area contributed by atoms with Crippen molar-refractivity contribution in [1.82, 2.24) is 19.9 Å². The number of pyridine rings is 1. The molecule has 0 spiro atoms. The van der Waals surface area contributed by atoms with E-state index in [9.17, 15) is 0 Å². The van der Waals surface area contributed by atoms with E-state index in [1.54, 1.807) is 17.7 Å². The molecule has 1 saturated heterocycles. The molecule has 4 heterocycles. The summed E-state index contributed by atoms with van der Waals surface area (Å²) in [6.07, 6.45) is 1.69. The van der Waals surface area contributed by atoms with Gasteiger partial charge in [-0.2, -0.15) is 0 Å². The highest BCUT2D eigenvalue weighted by molar-refractivity contribution is 7.09. The molecular formula is C14H15N5OS. The summed E-state index contributed by atoms with van der Waals surface area (Å²) in [4.78, 5) is 18.7. The SMILES string of the molecule is Cc1csc(C2CN(c3ccc4[nH]cnc4n3)CCO2)n1.